The Morgan fingerprint density at radius 3 is 3.12 bits per heavy atom. The number of hydrogen-bond acceptors (Lipinski definition) is 3. The van der Waals surface area contributed by atoms with Crippen molar-refractivity contribution in [1.29, 1.82) is 0 Å². The quantitative estimate of drug-likeness (QED) is 0.884. The number of likely N-dealkylation sites (tertiary alicyclic amines) is 1. The Morgan fingerprint density at radius 1 is 1.53 bits per heavy atom. The van der Waals surface area contributed by atoms with Gasteiger partial charge < -0.3 is 5.32 Å². The Hall–Kier alpha value is -0.0900. The predicted octanol–water partition coefficient (Wildman–Crippen LogP) is 3.37. The maximum Gasteiger partial charge on any atom is 0.0931 e. The van der Waals surface area contributed by atoms with E-state index in [1.807, 2.05) is 6.07 Å². The van der Waals surface area contributed by atoms with Crippen LogP contribution in [0.2, 0.25) is 4.34 Å². The molecule has 1 aliphatic rings. The van der Waals surface area contributed by atoms with E-state index < -0.39 is 0 Å². The first kappa shape index (κ1) is 13.3. The number of hydrogen-bond donors (Lipinski definition) is 1. The van der Waals surface area contributed by atoms with E-state index in [4.69, 9.17) is 11.6 Å². The van der Waals surface area contributed by atoms with Gasteiger partial charge in [-0.2, -0.15) is 0 Å². The van der Waals surface area contributed by atoms with E-state index in [0.717, 1.165) is 17.4 Å². The first-order valence-corrected chi connectivity index (χ1v) is 7.67. The lowest BCUT2D eigenvalue weighted by molar-refractivity contribution is 0.185. The highest BCUT2D eigenvalue weighted by Crippen LogP contribution is 2.23. The fourth-order valence-corrected chi connectivity index (χ4v) is 3.50. The van der Waals surface area contributed by atoms with Gasteiger partial charge in [0.05, 0.1) is 4.34 Å². The van der Waals surface area contributed by atoms with Crippen molar-refractivity contribution in [3.63, 3.8) is 0 Å². The van der Waals surface area contributed by atoms with Crippen LogP contribution in [-0.4, -0.2) is 30.6 Å². The molecule has 0 aliphatic carbocycles. The minimum absolute atomic E-state index is 0.680. The van der Waals surface area contributed by atoms with Crippen molar-refractivity contribution in [2.75, 3.05) is 19.6 Å². The largest absolute Gasteiger partial charge is 0.313 e. The zero-order valence-corrected chi connectivity index (χ0v) is 12.0. The molecule has 0 amide bonds. The highest BCUT2D eigenvalue weighted by atomic mass is 35.5. The summed E-state index contributed by atoms with van der Waals surface area (Å²) in [6.45, 7) is 6.82. The Labute approximate surface area is 113 Å². The Bertz CT molecular complexity index is 340. The van der Waals surface area contributed by atoms with Crippen LogP contribution < -0.4 is 5.32 Å². The normalized spacial score (nSPS) is 21.9. The van der Waals surface area contributed by atoms with Crippen molar-refractivity contribution < 1.29 is 0 Å². The second-order valence-corrected chi connectivity index (χ2v) is 6.53. The van der Waals surface area contributed by atoms with Crippen LogP contribution in [-0.2, 0) is 6.54 Å². The third-order valence-electron chi connectivity index (χ3n) is 3.20. The number of nitrogens with zero attached hydrogens (tertiary/aromatic N) is 1. The SMILES string of the molecule is CCCNC1CCCN(Cc2ccc(Cl)s2)C1. The molecule has 2 nitrogen and oxygen atoms in total. The number of thiophene rings is 1. The number of piperidine rings is 1. The van der Waals surface area contributed by atoms with E-state index >= 15 is 0 Å². The molecule has 1 N–H and O–H groups in total. The van der Waals surface area contributed by atoms with Gasteiger partial charge in [-0.25, -0.2) is 0 Å². The summed E-state index contributed by atoms with van der Waals surface area (Å²) in [5.41, 5.74) is 0. The molecule has 2 rings (SSSR count). The summed E-state index contributed by atoms with van der Waals surface area (Å²) in [5, 5.41) is 3.63. The molecule has 0 spiro atoms. The highest BCUT2D eigenvalue weighted by molar-refractivity contribution is 7.16. The van der Waals surface area contributed by atoms with Gasteiger partial charge >= 0.3 is 0 Å². The molecule has 17 heavy (non-hydrogen) atoms. The number of halogens is 1. The lowest BCUT2D eigenvalue weighted by atomic mass is 10.1. The van der Waals surface area contributed by atoms with Crippen molar-refractivity contribution in [1.82, 2.24) is 10.2 Å². The molecule has 1 atom stereocenters. The maximum absolute atomic E-state index is 5.96. The van der Waals surface area contributed by atoms with Crippen LogP contribution in [0.25, 0.3) is 0 Å². The zero-order chi connectivity index (χ0) is 12.1. The van der Waals surface area contributed by atoms with Crippen LogP contribution in [0.3, 0.4) is 0 Å². The van der Waals surface area contributed by atoms with Gasteiger partial charge in [0, 0.05) is 24.0 Å². The van der Waals surface area contributed by atoms with E-state index in [2.05, 4.69) is 23.2 Å². The fraction of sp³-hybridized carbons (Fsp3) is 0.692. The molecule has 1 saturated heterocycles. The molecular formula is C13H21ClN2S. The fourth-order valence-electron chi connectivity index (χ4n) is 2.37. The lowest BCUT2D eigenvalue weighted by Gasteiger charge is -2.32. The van der Waals surface area contributed by atoms with Gasteiger partial charge in [0.1, 0.15) is 0 Å². The van der Waals surface area contributed by atoms with Gasteiger partial charge in [-0.1, -0.05) is 18.5 Å². The summed E-state index contributed by atoms with van der Waals surface area (Å²) in [7, 11) is 0. The van der Waals surface area contributed by atoms with Gasteiger partial charge in [0.15, 0.2) is 0 Å². The van der Waals surface area contributed by atoms with E-state index in [0.29, 0.717) is 6.04 Å². The van der Waals surface area contributed by atoms with Crippen LogP contribution in [0.4, 0.5) is 0 Å². The van der Waals surface area contributed by atoms with Gasteiger partial charge in [-0.3, -0.25) is 4.90 Å². The van der Waals surface area contributed by atoms with Gasteiger partial charge in [-0.05, 0) is 44.5 Å². The molecule has 96 valence electrons. The van der Waals surface area contributed by atoms with E-state index in [9.17, 15) is 0 Å². The van der Waals surface area contributed by atoms with Gasteiger partial charge in [0.2, 0.25) is 0 Å². The van der Waals surface area contributed by atoms with Crippen LogP contribution in [0.1, 0.15) is 31.1 Å². The predicted molar refractivity (Wildman–Crippen MR) is 75.9 cm³/mol. The molecule has 0 bridgehead atoms. The third kappa shape index (κ3) is 4.25. The molecule has 0 aromatic carbocycles. The molecule has 1 aromatic rings. The maximum atomic E-state index is 5.96. The van der Waals surface area contributed by atoms with Crippen LogP contribution in [0.15, 0.2) is 12.1 Å². The second kappa shape index (κ2) is 6.74. The summed E-state index contributed by atoms with van der Waals surface area (Å²) in [5.74, 6) is 0. The Morgan fingerprint density at radius 2 is 2.41 bits per heavy atom. The van der Waals surface area contributed by atoms with Crippen molar-refractivity contribution >= 4 is 22.9 Å². The molecule has 0 saturated carbocycles. The minimum atomic E-state index is 0.680. The average molecular weight is 273 g/mol. The number of rotatable bonds is 5. The van der Waals surface area contributed by atoms with E-state index in [1.165, 1.54) is 37.2 Å². The summed E-state index contributed by atoms with van der Waals surface area (Å²) >= 11 is 7.67. The molecular weight excluding hydrogens is 252 g/mol. The average Bonchev–Trinajstić information content (AvgIpc) is 2.73. The molecule has 0 radical (unpaired) electrons. The van der Waals surface area contributed by atoms with E-state index in [-0.39, 0.29) is 0 Å². The summed E-state index contributed by atoms with van der Waals surface area (Å²) < 4.78 is 0.901. The smallest absolute Gasteiger partial charge is 0.0931 e. The Kier molecular flexibility index (Phi) is 5.29. The van der Waals surface area contributed by atoms with Crippen LogP contribution >= 0.6 is 22.9 Å². The molecule has 1 unspecified atom stereocenters. The lowest BCUT2D eigenvalue weighted by Crippen LogP contribution is -2.45. The van der Waals surface area contributed by atoms with Gasteiger partial charge in [-0.15, -0.1) is 11.3 Å². The van der Waals surface area contributed by atoms with Crippen molar-refractivity contribution in [2.45, 2.75) is 38.8 Å². The van der Waals surface area contributed by atoms with Gasteiger partial charge in [0.25, 0.3) is 0 Å². The minimum Gasteiger partial charge on any atom is -0.313 e. The molecule has 1 fully saturated rings. The van der Waals surface area contributed by atoms with Crippen molar-refractivity contribution in [3.8, 4) is 0 Å². The Balaban J connectivity index is 1.80. The third-order valence-corrected chi connectivity index (χ3v) is 4.41. The van der Waals surface area contributed by atoms with E-state index in [1.54, 1.807) is 11.3 Å². The van der Waals surface area contributed by atoms with Crippen molar-refractivity contribution in [2.24, 2.45) is 0 Å². The molecule has 4 heteroatoms. The second-order valence-electron chi connectivity index (χ2n) is 4.73. The summed E-state index contributed by atoms with van der Waals surface area (Å²) in [6, 6.07) is 4.83. The molecule has 2 heterocycles. The van der Waals surface area contributed by atoms with Crippen LogP contribution in [0.5, 0.6) is 0 Å². The summed E-state index contributed by atoms with van der Waals surface area (Å²) in [6.07, 6.45) is 3.85. The molecule has 1 aromatic heterocycles. The topological polar surface area (TPSA) is 15.3 Å². The first-order valence-electron chi connectivity index (χ1n) is 6.48. The first-order chi connectivity index (χ1) is 8.28. The van der Waals surface area contributed by atoms with Crippen molar-refractivity contribution in [3.05, 3.63) is 21.3 Å². The zero-order valence-electron chi connectivity index (χ0n) is 10.4. The standard InChI is InChI=1S/C13H21ClN2S/c1-2-7-15-11-4-3-8-16(9-11)10-12-5-6-13(14)17-12/h5-6,11,15H,2-4,7-10H2,1H3. The van der Waals surface area contributed by atoms with Crippen LogP contribution in [0, 0.1) is 0 Å². The highest BCUT2D eigenvalue weighted by Gasteiger charge is 2.19. The molecule has 1 aliphatic heterocycles. The summed E-state index contributed by atoms with van der Waals surface area (Å²) in [4.78, 5) is 3.92. The number of nitrogens with one attached hydrogen (secondary N) is 1. The monoisotopic (exact) mass is 272 g/mol.